The SMILES string of the molecule is CNC(=O)C(Cc1ccccc1)NC(=O)c1ccccc1.[HH].[HH]. The molecule has 2 aromatic rings. The lowest BCUT2D eigenvalue weighted by molar-refractivity contribution is -0.122. The fourth-order valence-electron chi connectivity index (χ4n) is 2.06. The number of rotatable bonds is 5. The van der Waals surface area contributed by atoms with E-state index in [9.17, 15) is 9.59 Å². The summed E-state index contributed by atoms with van der Waals surface area (Å²) < 4.78 is 0. The Morgan fingerprint density at radius 1 is 1.00 bits per heavy atom. The van der Waals surface area contributed by atoms with E-state index in [0.717, 1.165) is 5.56 Å². The van der Waals surface area contributed by atoms with Crippen molar-refractivity contribution in [2.45, 2.75) is 12.5 Å². The molecule has 21 heavy (non-hydrogen) atoms. The number of hydrogen-bond acceptors (Lipinski definition) is 2. The zero-order valence-electron chi connectivity index (χ0n) is 11.9. The number of benzene rings is 2. The van der Waals surface area contributed by atoms with Crippen LogP contribution in [0.5, 0.6) is 0 Å². The molecule has 2 rings (SSSR count). The van der Waals surface area contributed by atoms with Gasteiger partial charge in [-0.1, -0.05) is 48.5 Å². The maximum atomic E-state index is 12.2. The Bertz CT molecular complexity index is 607. The Balaban J connectivity index is 0.00000242. The molecule has 0 saturated carbocycles. The number of likely N-dealkylation sites (N-methyl/N-ethyl adjacent to an activating group) is 1. The zero-order chi connectivity index (χ0) is 15.1. The number of amides is 2. The van der Waals surface area contributed by atoms with E-state index in [4.69, 9.17) is 0 Å². The second-order valence-corrected chi connectivity index (χ2v) is 4.70. The number of nitrogens with one attached hydrogen (secondary N) is 2. The Hall–Kier alpha value is -2.62. The molecule has 0 radical (unpaired) electrons. The molecule has 2 amide bonds. The van der Waals surface area contributed by atoms with Crippen molar-refractivity contribution < 1.29 is 12.4 Å². The van der Waals surface area contributed by atoms with Gasteiger partial charge in [0.2, 0.25) is 5.91 Å². The first kappa shape index (κ1) is 14.8. The zero-order valence-corrected chi connectivity index (χ0v) is 11.9. The van der Waals surface area contributed by atoms with Gasteiger partial charge in [-0.3, -0.25) is 9.59 Å². The summed E-state index contributed by atoms with van der Waals surface area (Å²) in [4.78, 5) is 24.1. The summed E-state index contributed by atoms with van der Waals surface area (Å²) in [6, 6.07) is 17.9. The number of hydrogen-bond donors (Lipinski definition) is 2. The smallest absolute Gasteiger partial charge is 0.251 e. The average molecular weight is 286 g/mol. The van der Waals surface area contributed by atoms with Gasteiger partial charge in [0.25, 0.3) is 5.91 Å². The van der Waals surface area contributed by atoms with Gasteiger partial charge in [-0.15, -0.1) is 0 Å². The fraction of sp³-hybridized carbons (Fsp3) is 0.176. The van der Waals surface area contributed by atoms with Crippen molar-refractivity contribution in [3.8, 4) is 0 Å². The third kappa shape index (κ3) is 4.18. The van der Waals surface area contributed by atoms with Crippen LogP contribution in [0.25, 0.3) is 0 Å². The summed E-state index contributed by atoms with van der Waals surface area (Å²) in [5.41, 5.74) is 1.54. The molecule has 0 aliphatic carbocycles. The first-order valence-corrected chi connectivity index (χ1v) is 6.82. The molecule has 2 N–H and O–H groups in total. The molecular weight excluding hydrogens is 264 g/mol. The van der Waals surface area contributed by atoms with Gasteiger partial charge in [0.05, 0.1) is 0 Å². The van der Waals surface area contributed by atoms with E-state index in [1.54, 1.807) is 31.3 Å². The molecule has 1 atom stereocenters. The van der Waals surface area contributed by atoms with Crippen molar-refractivity contribution in [1.29, 1.82) is 0 Å². The molecule has 112 valence electrons. The lowest BCUT2D eigenvalue weighted by atomic mass is 10.0. The highest BCUT2D eigenvalue weighted by Crippen LogP contribution is 2.05. The van der Waals surface area contributed by atoms with Crippen LogP contribution in [-0.2, 0) is 11.2 Å². The predicted molar refractivity (Wildman–Crippen MR) is 86.1 cm³/mol. The first-order chi connectivity index (χ1) is 10.2. The average Bonchev–Trinajstić information content (AvgIpc) is 2.55. The van der Waals surface area contributed by atoms with E-state index in [1.165, 1.54) is 0 Å². The monoisotopic (exact) mass is 286 g/mol. The van der Waals surface area contributed by atoms with E-state index < -0.39 is 6.04 Å². The van der Waals surface area contributed by atoms with Crippen LogP contribution in [0.2, 0.25) is 0 Å². The minimum absolute atomic E-state index is 0. The van der Waals surface area contributed by atoms with Crippen molar-refractivity contribution in [2.24, 2.45) is 0 Å². The summed E-state index contributed by atoms with van der Waals surface area (Å²) in [6.07, 6.45) is 0.457. The van der Waals surface area contributed by atoms with Gasteiger partial charge in [-0.25, -0.2) is 0 Å². The molecule has 0 bridgehead atoms. The largest absolute Gasteiger partial charge is 0.357 e. The minimum Gasteiger partial charge on any atom is -0.357 e. The molecule has 0 fully saturated rings. The fourth-order valence-corrected chi connectivity index (χ4v) is 2.06. The van der Waals surface area contributed by atoms with Gasteiger partial charge in [0.15, 0.2) is 0 Å². The van der Waals surface area contributed by atoms with Crippen molar-refractivity contribution >= 4 is 11.8 Å². The molecular formula is C17H22N2O2. The Kier molecular flexibility index (Phi) is 5.10. The van der Waals surface area contributed by atoms with E-state index in [0.29, 0.717) is 12.0 Å². The number of carbonyl (C=O) groups is 2. The Morgan fingerprint density at radius 2 is 1.57 bits per heavy atom. The van der Waals surface area contributed by atoms with Crippen molar-refractivity contribution in [2.75, 3.05) is 7.05 Å². The van der Waals surface area contributed by atoms with E-state index in [-0.39, 0.29) is 14.7 Å². The molecule has 0 spiro atoms. The summed E-state index contributed by atoms with van der Waals surface area (Å²) in [5.74, 6) is -0.455. The molecule has 0 heterocycles. The van der Waals surface area contributed by atoms with Crippen molar-refractivity contribution in [1.82, 2.24) is 10.6 Å². The highest BCUT2D eigenvalue weighted by atomic mass is 16.2. The van der Waals surface area contributed by atoms with Gasteiger partial charge < -0.3 is 10.6 Å². The van der Waals surface area contributed by atoms with Crippen LogP contribution in [0.15, 0.2) is 60.7 Å². The van der Waals surface area contributed by atoms with Crippen LogP contribution >= 0.6 is 0 Å². The standard InChI is InChI=1S/C17H18N2O2.2H2/c1-18-17(21)15(12-13-8-4-2-5-9-13)19-16(20)14-10-6-3-7-11-14;;/h2-11,15H,12H2,1H3,(H,18,21)(H,19,20);2*1H. The number of carbonyl (C=O) groups excluding carboxylic acids is 2. The van der Waals surface area contributed by atoms with E-state index in [1.807, 2.05) is 36.4 Å². The lowest BCUT2D eigenvalue weighted by Crippen LogP contribution is -2.47. The van der Waals surface area contributed by atoms with Crippen LogP contribution in [0.3, 0.4) is 0 Å². The highest BCUT2D eigenvalue weighted by Gasteiger charge is 2.20. The topological polar surface area (TPSA) is 58.2 Å². The molecule has 0 saturated heterocycles. The Morgan fingerprint density at radius 3 is 2.14 bits per heavy atom. The molecule has 0 aliphatic heterocycles. The maximum Gasteiger partial charge on any atom is 0.251 e. The third-order valence-electron chi connectivity index (χ3n) is 3.19. The predicted octanol–water partition coefficient (Wildman–Crippen LogP) is 2.27. The van der Waals surface area contributed by atoms with Gasteiger partial charge in [-0.05, 0) is 17.7 Å². The van der Waals surface area contributed by atoms with Crippen molar-refractivity contribution in [3.63, 3.8) is 0 Å². The maximum absolute atomic E-state index is 12.2. The summed E-state index contributed by atoms with van der Waals surface area (Å²) in [5, 5.41) is 5.37. The minimum atomic E-state index is -0.592. The first-order valence-electron chi connectivity index (χ1n) is 6.82. The molecule has 4 nitrogen and oxygen atoms in total. The van der Waals surface area contributed by atoms with Crippen LogP contribution in [0.4, 0.5) is 0 Å². The van der Waals surface area contributed by atoms with Crippen molar-refractivity contribution in [3.05, 3.63) is 71.8 Å². The Labute approximate surface area is 127 Å². The van der Waals surface area contributed by atoms with Crippen LogP contribution in [0, 0.1) is 0 Å². The van der Waals surface area contributed by atoms with Gasteiger partial charge in [-0.2, -0.15) is 0 Å². The quantitative estimate of drug-likeness (QED) is 0.886. The van der Waals surface area contributed by atoms with E-state index >= 15 is 0 Å². The van der Waals surface area contributed by atoms with Gasteiger partial charge in [0.1, 0.15) is 6.04 Å². The summed E-state index contributed by atoms with van der Waals surface area (Å²) in [7, 11) is 1.56. The van der Waals surface area contributed by atoms with Gasteiger partial charge in [0, 0.05) is 21.9 Å². The second kappa shape index (κ2) is 7.24. The van der Waals surface area contributed by atoms with E-state index in [2.05, 4.69) is 10.6 Å². The lowest BCUT2D eigenvalue weighted by Gasteiger charge is -2.17. The third-order valence-corrected chi connectivity index (χ3v) is 3.19. The normalized spacial score (nSPS) is 11.5. The molecule has 2 aromatic carbocycles. The molecule has 1 unspecified atom stereocenters. The molecule has 0 aliphatic rings. The molecule has 0 aromatic heterocycles. The summed E-state index contributed by atoms with van der Waals surface area (Å²) in [6.45, 7) is 0. The second-order valence-electron chi connectivity index (χ2n) is 4.70. The van der Waals surface area contributed by atoms with Crippen LogP contribution in [-0.4, -0.2) is 24.9 Å². The van der Waals surface area contributed by atoms with Crippen LogP contribution < -0.4 is 10.6 Å². The summed E-state index contributed by atoms with van der Waals surface area (Å²) >= 11 is 0. The van der Waals surface area contributed by atoms with Crippen LogP contribution in [0.1, 0.15) is 18.8 Å². The highest BCUT2D eigenvalue weighted by molar-refractivity contribution is 5.97. The van der Waals surface area contributed by atoms with Gasteiger partial charge >= 0.3 is 0 Å². The molecule has 4 heteroatoms.